The van der Waals surface area contributed by atoms with Gasteiger partial charge in [0.2, 0.25) is 0 Å². The molecule has 1 atom stereocenters. The number of hydrogen-bond donors (Lipinski definition) is 3. The van der Waals surface area contributed by atoms with Crippen molar-refractivity contribution in [3.63, 3.8) is 0 Å². The van der Waals surface area contributed by atoms with E-state index in [1.54, 1.807) is 24.3 Å². The second-order valence-electron chi connectivity index (χ2n) is 3.79. The highest BCUT2D eigenvalue weighted by molar-refractivity contribution is 6.31. The van der Waals surface area contributed by atoms with Crippen LogP contribution in [0.1, 0.15) is 12.6 Å². The molecular formula is C11H10ClNO3. The zero-order valence-corrected chi connectivity index (χ0v) is 9.25. The maximum absolute atomic E-state index is 10.9. The Bertz CT molecular complexity index is 559. The minimum Gasteiger partial charge on any atom is -0.479 e. The summed E-state index contributed by atoms with van der Waals surface area (Å²) in [5.41, 5.74) is -0.993. The van der Waals surface area contributed by atoms with Gasteiger partial charge in [0, 0.05) is 10.5 Å². The van der Waals surface area contributed by atoms with Crippen LogP contribution in [0.2, 0.25) is 5.02 Å². The van der Waals surface area contributed by atoms with Crippen LogP contribution >= 0.6 is 11.6 Å². The fraction of sp³-hybridized carbons (Fsp3) is 0.182. The van der Waals surface area contributed by atoms with Crippen LogP contribution in [0.4, 0.5) is 0 Å². The van der Waals surface area contributed by atoms with Gasteiger partial charge in [-0.05, 0) is 30.5 Å². The van der Waals surface area contributed by atoms with E-state index in [1.807, 2.05) is 0 Å². The fourth-order valence-corrected chi connectivity index (χ4v) is 1.65. The molecule has 0 saturated carbocycles. The van der Waals surface area contributed by atoms with E-state index in [0.29, 0.717) is 10.5 Å². The van der Waals surface area contributed by atoms with E-state index in [-0.39, 0.29) is 5.69 Å². The lowest BCUT2D eigenvalue weighted by Crippen LogP contribution is -2.32. The summed E-state index contributed by atoms with van der Waals surface area (Å²) in [6.07, 6.45) is 0. The van der Waals surface area contributed by atoms with E-state index < -0.39 is 11.6 Å². The molecule has 0 aliphatic heterocycles. The number of carboxylic acids is 1. The fourth-order valence-electron chi connectivity index (χ4n) is 1.48. The average Bonchev–Trinajstić information content (AvgIpc) is 2.60. The van der Waals surface area contributed by atoms with Crippen LogP contribution in [0.3, 0.4) is 0 Å². The summed E-state index contributed by atoms with van der Waals surface area (Å²) in [6.45, 7) is 1.22. The van der Waals surface area contributed by atoms with Crippen molar-refractivity contribution in [3.8, 4) is 0 Å². The molecule has 1 aromatic carbocycles. The van der Waals surface area contributed by atoms with Gasteiger partial charge in [-0.15, -0.1) is 0 Å². The smallest absolute Gasteiger partial charge is 0.341 e. The van der Waals surface area contributed by atoms with Crippen molar-refractivity contribution in [2.24, 2.45) is 0 Å². The molecule has 4 nitrogen and oxygen atoms in total. The molecule has 5 heteroatoms. The average molecular weight is 240 g/mol. The SMILES string of the molecule is CC(O)(C(=O)O)c1cc2ccc(Cl)cc2[nH]1. The molecule has 3 N–H and O–H groups in total. The minimum atomic E-state index is -1.93. The molecule has 0 spiro atoms. The van der Waals surface area contributed by atoms with Gasteiger partial charge in [0.1, 0.15) is 0 Å². The Labute approximate surface area is 96.5 Å². The van der Waals surface area contributed by atoms with Crippen molar-refractivity contribution in [2.45, 2.75) is 12.5 Å². The predicted molar refractivity (Wildman–Crippen MR) is 60.5 cm³/mol. The standard InChI is InChI=1S/C11H10ClNO3/c1-11(16,10(14)15)9-4-6-2-3-7(12)5-8(6)13-9/h2-5,13,16H,1H3,(H,14,15). The Hall–Kier alpha value is -1.52. The Morgan fingerprint density at radius 1 is 1.44 bits per heavy atom. The largest absolute Gasteiger partial charge is 0.479 e. The van der Waals surface area contributed by atoms with E-state index in [4.69, 9.17) is 16.7 Å². The molecular weight excluding hydrogens is 230 g/mol. The van der Waals surface area contributed by atoms with Crippen molar-refractivity contribution in [3.05, 3.63) is 35.0 Å². The van der Waals surface area contributed by atoms with E-state index >= 15 is 0 Å². The van der Waals surface area contributed by atoms with Crippen LogP contribution in [-0.2, 0) is 10.4 Å². The lowest BCUT2D eigenvalue weighted by molar-refractivity contribution is -0.157. The summed E-state index contributed by atoms with van der Waals surface area (Å²) in [7, 11) is 0. The molecule has 1 heterocycles. The number of carboxylic acid groups (broad SMARTS) is 1. The normalized spacial score (nSPS) is 14.9. The molecule has 1 aromatic heterocycles. The molecule has 2 aromatic rings. The van der Waals surface area contributed by atoms with Crippen LogP contribution < -0.4 is 0 Å². The molecule has 0 radical (unpaired) electrons. The number of hydrogen-bond acceptors (Lipinski definition) is 2. The maximum Gasteiger partial charge on any atom is 0.341 e. The van der Waals surface area contributed by atoms with Gasteiger partial charge in [0.25, 0.3) is 0 Å². The van der Waals surface area contributed by atoms with Gasteiger partial charge in [-0.3, -0.25) is 0 Å². The Balaban J connectivity index is 2.59. The van der Waals surface area contributed by atoms with Crippen LogP contribution in [0.15, 0.2) is 24.3 Å². The first-order valence-corrected chi connectivity index (χ1v) is 5.03. The summed E-state index contributed by atoms with van der Waals surface area (Å²) in [5, 5.41) is 20.0. The topological polar surface area (TPSA) is 73.3 Å². The van der Waals surface area contributed by atoms with E-state index in [9.17, 15) is 9.90 Å². The number of benzene rings is 1. The monoisotopic (exact) mass is 239 g/mol. The molecule has 0 amide bonds. The van der Waals surface area contributed by atoms with Crippen molar-refractivity contribution in [1.29, 1.82) is 0 Å². The number of nitrogens with one attached hydrogen (secondary N) is 1. The van der Waals surface area contributed by atoms with Crippen LogP contribution in [0, 0.1) is 0 Å². The highest BCUT2D eigenvalue weighted by atomic mass is 35.5. The number of aromatic amines is 1. The first-order valence-electron chi connectivity index (χ1n) is 4.66. The first-order chi connectivity index (χ1) is 7.41. The predicted octanol–water partition coefficient (Wildman–Crippen LogP) is 2.11. The van der Waals surface area contributed by atoms with E-state index in [2.05, 4.69) is 4.98 Å². The Kier molecular flexibility index (Phi) is 2.40. The number of rotatable bonds is 2. The van der Waals surface area contributed by atoms with Gasteiger partial charge in [-0.2, -0.15) is 0 Å². The van der Waals surface area contributed by atoms with E-state index in [1.165, 1.54) is 6.92 Å². The molecule has 0 bridgehead atoms. The number of aromatic nitrogens is 1. The summed E-state index contributed by atoms with van der Waals surface area (Å²) < 4.78 is 0. The van der Waals surface area contributed by atoms with Crippen molar-refractivity contribution in [2.75, 3.05) is 0 Å². The van der Waals surface area contributed by atoms with Gasteiger partial charge in [0.15, 0.2) is 5.60 Å². The number of aliphatic carboxylic acids is 1. The van der Waals surface area contributed by atoms with Crippen molar-refractivity contribution in [1.82, 2.24) is 4.98 Å². The molecule has 0 fully saturated rings. The summed E-state index contributed by atoms with van der Waals surface area (Å²) in [5.74, 6) is -1.30. The molecule has 84 valence electrons. The second-order valence-corrected chi connectivity index (χ2v) is 4.23. The lowest BCUT2D eigenvalue weighted by Gasteiger charge is -2.15. The van der Waals surface area contributed by atoms with Gasteiger partial charge >= 0.3 is 5.97 Å². The lowest BCUT2D eigenvalue weighted by atomic mass is 10.0. The molecule has 16 heavy (non-hydrogen) atoms. The number of carbonyl (C=O) groups is 1. The van der Waals surface area contributed by atoms with E-state index in [0.717, 1.165) is 5.39 Å². The highest BCUT2D eigenvalue weighted by Crippen LogP contribution is 2.26. The van der Waals surface area contributed by atoms with Gasteiger partial charge < -0.3 is 15.2 Å². The zero-order chi connectivity index (χ0) is 11.9. The van der Waals surface area contributed by atoms with Crippen LogP contribution in [0.25, 0.3) is 10.9 Å². The number of aliphatic hydroxyl groups is 1. The van der Waals surface area contributed by atoms with Gasteiger partial charge in [0.05, 0.1) is 5.69 Å². The van der Waals surface area contributed by atoms with Gasteiger partial charge in [-0.25, -0.2) is 4.79 Å². The maximum atomic E-state index is 10.9. The number of fused-ring (bicyclic) bond motifs is 1. The van der Waals surface area contributed by atoms with Crippen LogP contribution in [0.5, 0.6) is 0 Å². The third kappa shape index (κ3) is 1.66. The van der Waals surface area contributed by atoms with Crippen molar-refractivity contribution < 1.29 is 15.0 Å². The first kappa shape index (κ1) is 11.0. The molecule has 2 rings (SSSR count). The molecule has 0 aliphatic rings. The quantitative estimate of drug-likeness (QED) is 0.752. The zero-order valence-electron chi connectivity index (χ0n) is 8.49. The molecule has 0 saturated heterocycles. The Morgan fingerprint density at radius 3 is 2.75 bits per heavy atom. The minimum absolute atomic E-state index is 0.234. The summed E-state index contributed by atoms with van der Waals surface area (Å²) >= 11 is 5.81. The van der Waals surface area contributed by atoms with Crippen molar-refractivity contribution >= 4 is 28.5 Å². The summed E-state index contributed by atoms with van der Waals surface area (Å²) in [4.78, 5) is 13.7. The molecule has 1 unspecified atom stereocenters. The third-order valence-electron chi connectivity index (χ3n) is 2.53. The number of halogens is 1. The highest BCUT2D eigenvalue weighted by Gasteiger charge is 2.33. The van der Waals surface area contributed by atoms with Gasteiger partial charge in [-0.1, -0.05) is 17.7 Å². The third-order valence-corrected chi connectivity index (χ3v) is 2.76. The summed E-state index contributed by atoms with van der Waals surface area (Å²) in [6, 6.07) is 6.74. The second kappa shape index (κ2) is 3.50. The Morgan fingerprint density at radius 2 is 2.12 bits per heavy atom. The van der Waals surface area contributed by atoms with Crippen LogP contribution in [-0.4, -0.2) is 21.2 Å². The molecule has 0 aliphatic carbocycles. The number of H-pyrrole nitrogens is 1.